The number of furan rings is 1. The van der Waals surface area contributed by atoms with E-state index in [2.05, 4.69) is 22.4 Å². The number of carbonyl (C=O) groups excluding carboxylic acids is 1. The SMILES string of the molecule is O=C(c1cc2ccccc2o1)C(Br)C1[CH+]C1. The predicted octanol–water partition coefficient (Wildman–Crippen LogP) is 3.60. The van der Waals surface area contributed by atoms with Crippen molar-refractivity contribution in [3.05, 3.63) is 42.5 Å². The van der Waals surface area contributed by atoms with E-state index in [1.807, 2.05) is 30.3 Å². The lowest BCUT2D eigenvalue weighted by atomic mass is 10.1. The summed E-state index contributed by atoms with van der Waals surface area (Å²) in [5.74, 6) is 0.860. The smallest absolute Gasteiger partial charge is 0.216 e. The first-order valence-electron chi connectivity index (χ1n) is 5.26. The van der Waals surface area contributed by atoms with E-state index in [1.165, 1.54) is 0 Å². The molecule has 16 heavy (non-hydrogen) atoms. The van der Waals surface area contributed by atoms with E-state index in [9.17, 15) is 4.79 Å². The van der Waals surface area contributed by atoms with Crippen LogP contribution in [-0.4, -0.2) is 10.6 Å². The van der Waals surface area contributed by atoms with Crippen LogP contribution >= 0.6 is 15.9 Å². The van der Waals surface area contributed by atoms with Gasteiger partial charge in [-0.15, -0.1) is 0 Å². The van der Waals surface area contributed by atoms with Gasteiger partial charge < -0.3 is 4.42 Å². The van der Waals surface area contributed by atoms with Crippen LogP contribution in [-0.2, 0) is 0 Å². The quantitative estimate of drug-likeness (QED) is 0.488. The van der Waals surface area contributed by atoms with Gasteiger partial charge in [-0.25, -0.2) is 0 Å². The largest absolute Gasteiger partial charge is 0.453 e. The maximum absolute atomic E-state index is 12.0. The molecular weight excluding hydrogens is 268 g/mol. The van der Waals surface area contributed by atoms with Crippen molar-refractivity contribution >= 4 is 32.7 Å². The van der Waals surface area contributed by atoms with Crippen LogP contribution in [0.5, 0.6) is 0 Å². The molecule has 0 amide bonds. The molecule has 1 heterocycles. The van der Waals surface area contributed by atoms with Crippen LogP contribution in [0.2, 0.25) is 0 Å². The zero-order valence-corrected chi connectivity index (χ0v) is 10.1. The summed E-state index contributed by atoms with van der Waals surface area (Å²) in [6, 6.07) is 9.47. The first kappa shape index (κ1) is 9.97. The fraction of sp³-hybridized carbons (Fsp3) is 0.231. The van der Waals surface area contributed by atoms with E-state index in [0.29, 0.717) is 11.7 Å². The molecule has 1 aliphatic rings. The summed E-state index contributed by atoms with van der Waals surface area (Å²) >= 11 is 3.42. The molecule has 2 aromatic rings. The fourth-order valence-corrected chi connectivity index (χ4v) is 2.41. The number of hydrogen-bond acceptors (Lipinski definition) is 2. The molecule has 0 spiro atoms. The van der Waals surface area contributed by atoms with Crippen LogP contribution in [0.15, 0.2) is 34.7 Å². The van der Waals surface area contributed by atoms with Crippen LogP contribution in [0.25, 0.3) is 11.0 Å². The van der Waals surface area contributed by atoms with Crippen LogP contribution in [0.4, 0.5) is 0 Å². The molecule has 0 saturated heterocycles. The second-order valence-electron chi connectivity index (χ2n) is 4.05. The van der Waals surface area contributed by atoms with Crippen molar-refractivity contribution in [2.75, 3.05) is 0 Å². The molecule has 0 N–H and O–H groups in total. The van der Waals surface area contributed by atoms with Crippen molar-refractivity contribution < 1.29 is 9.21 Å². The summed E-state index contributed by atoms with van der Waals surface area (Å²) in [7, 11) is 0. The molecule has 3 heteroatoms. The molecule has 1 fully saturated rings. The zero-order valence-electron chi connectivity index (χ0n) is 8.52. The van der Waals surface area contributed by atoms with E-state index >= 15 is 0 Å². The van der Waals surface area contributed by atoms with Gasteiger partial charge in [0.15, 0.2) is 11.7 Å². The van der Waals surface area contributed by atoms with E-state index in [-0.39, 0.29) is 10.6 Å². The molecule has 1 aromatic heterocycles. The minimum atomic E-state index is -0.131. The Hall–Kier alpha value is -1.22. The van der Waals surface area contributed by atoms with Crippen molar-refractivity contribution in [3.63, 3.8) is 0 Å². The number of ketones is 1. The van der Waals surface area contributed by atoms with Gasteiger partial charge in [0.05, 0.1) is 6.42 Å². The standard InChI is InChI=1S/C13H10BrO2/c14-12(8-5-6-8)13(15)11-7-9-3-1-2-4-10(9)16-11/h1-5,7-8,12H,6H2/q+1. The Morgan fingerprint density at radius 2 is 2.25 bits per heavy atom. The van der Waals surface area contributed by atoms with Crippen LogP contribution in [0.3, 0.4) is 0 Å². The summed E-state index contributed by atoms with van der Waals surface area (Å²) in [6.07, 6.45) is 3.14. The van der Waals surface area contributed by atoms with Gasteiger partial charge in [0, 0.05) is 5.39 Å². The molecule has 3 rings (SSSR count). The van der Waals surface area contributed by atoms with Crippen molar-refractivity contribution in [1.29, 1.82) is 0 Å². The number of halogens is 1. The molecule has 1 aliphatic carbocycles. The van der Waals surface area contributed by atoms with Gasteiger partial charge >= 0.3 is 0 Å². The Labute approximate surface area is 102 Å². The van der Waals surface area contributed by atoms with Crippen LogP contribution in [0.1, 0.15) is 17.0 Å². The third-order valence-corrected chi connectivity index (χ3v) is 3.90. The molecule has 0 radical (unpaired) electrons. The maximum Gasteiger partial charge on any atom is 0.216 e. The zero-order chi connectivity index (χ0) is 11.1. The topological polar surface area (TPSA) is 30.2 Å². The summed E-state index contributed by atoms with van der Waals surface area (Å²) in [6.45, 7) is 0. The molecule has 1 saturated carbocycles. The molecule has 2 nitrogen and oxygen atoms in total. The first-order chi connectivity index (χ1) is 7.75. The van der Waals surface area contributed by atoms with Crippen LogP contribution < -0.4 is 0 Å². The molecule has 2 atom stereocenters. The molecule has 0 bridgehead atoms. The number of para-hydroxylation sites is 1. The number of alkyl halides is 1. The number of hydrogen-bond donors (Lipinski definition) is 0. The molecule has 80 valence electrons. The Kier molecular flexibility index (Phi) is 2.28. The predicted molar refractivity (Wildman–Crippen MR) is 65.7 cm³/mol. The van der Waals surface area contributed by atoms with E-state index in [4.69, 9.17) is 4.42 Å². The van der Waals surface area contributed by atoms with E-state index < -0.39 is 0 Å². The summed E-state index contributed by atoms with van der Waals surface area (Å²) in [5.41, 5.74) is 0.769. The molecule has 2 unspecified atom stereocenters. The van der Waals surface area contributed by atoms with Gasteiger partial charge in [-0.3, -0.25) is 4.79 Å². The highest BCUT2D eigenvalue weighted by atomic mass is 79.9. The number of benzene rings is 1. The van der Waals surface area contributed by atoms with Crippen molar-refractivity contribution in [1.82, 2.24) is 0 Å². The second kappa shape index (κ2) is 3.67. The Morgan fingerprint density at radius 3 is 2.94 bits per heavy atom. The van der Waals surface area contributed by atoms with E-state index in [0.717, 1.165) is 17.4 Å². The first-order valence-corrected chi connectivity index (χ1v) is 6.17. The van der Waals surface area contributed by atoms with Crippen LogP contribution in [0, 0.1) is 12.3 Å². The second-order valence-corrected chi connectivity index (χ2v) is 5.04. The lowest BCUT2D eigenvalue weighted by Crippen LogP contribution is -2.15. The Morgan fingerprint density at radius 1 is 1.50 bits per heavy atom. The third kappa shape index (κ3) is 1.65. The van der Waals surface area contributed by atoms with Crippen molar-refractivity contribution in [3.8, 4) is 0 Å². The van der Waals surface area contributed by atoms with Gasteiger partial charge in [-0.1, -0.05) is 34.1 Å². The lowest BCUT2D eigenvalue weighted by molar-refractivity contribution is 0.0961. The van der Waals surface area contributed by atoms with Gasteiger partial charge in [-0.2, -0.15) is 0 Å². The summed E-state index contributed by atoms with van der Waals surface area (Å²) < 4.78 is 5.54. The third-order valence-electron chi connectivity index (χ3n) is 2.80. The van der Waals surface area contributed by atoms with Crippen molar-refractivity contribution in [2.45, 2.75) is 11.2 Å². The van der Waals surface area contributed by atoms with Gasteiger partial charge in [0.2, 0.25) is 5.78 Å². The molecular formula is C13H10BrO2+. The molecule has 0 aliphatic heterocycles. The van der Waals surface area contributed by atoms with Gasteiger partial charge in [0.1, 0.15) is 16.8 Å². The average Bonchev–Trinajstić information content (AvgIpc) is 3.06. The van der Waals surface area contributed by atoms with Gasteiger partial charge in [0.25, 0.3) is 0 Å². The lowest BCUT2D eigenvalue weighted by Gasteiger charge is -1.98. The highest BCUT2D eigenvalue weighted by molar-refractivity contribution is 9.10. The van der Waals surface area contributed by atoms with E-state index in [1.54, 1.807) is 0 Å². The number of fused-ring (bicyclic) bond motifs is 1. The minimum absolute atomic E-state index is 0.0370. The van der Waals surface area contributed by atoms with Crippen molar-refractivity contribution in [2.24, 2.45) is 5.92 Å². The number of rotatable bonds is 3. The summed E-state index contributed by atoms with van der Waals surface area (Å²) in [4.78, 5) is 11.9. The maximum atomic E-state index is 12.0. The fourth-order valence-electron chi connectivity index (χ4n) is 1.75. The Bertz CT molecular complexity index is 507. The Balaban J connectivity index is 1.95. The highest BCUT2D eigenvalue weighted by Crippen LogP contribution is 2.37. The normalized spacial score (nSPS) is 20.4. The monoisotopic (exact) mass is 277 g/mol. The average molecular weight is 278 g/mol. The minimum Gasteiger partial charge on any atom is -0.453 e. The number of Topliss-reactive ketones (excluding diaryl/α,β-unsaturated/α-hetero) is 1. The highest BCUT2D eigenvalue weighted by Gasteiger charge is 2.46. The summed E-state index contributed by atoms with van der Waals surface area (Å²) in [5, 5.41) is 0.977. The number of carbonyl (C=O) groups is 1. The molecule has 1 aromatic carbocycles. The van der Waals surface area contributed by atoms with Gasteiger partial charge in [-0.05, 0) is 12.1 Å².